The number of pyridine rings is 1. The van der Waals surface area contributed by atoms with Crippen molar-refractivity contribution in [3.63, 3.8) is 0 Å². The average molecular weight is 358 g/mol. The van der Waals surface area contributed by atoms with Crippen LogP contribution in [-0.2, 0) is 6.54 Å². The molecule has 1 atom stereocenters. The number of ether oxygens (including phenoxy) is 3. The van der Waals surface area contributed by atoms with Crippen LogP contribution in [0.1, 0.15) is 22.3 Å². The molecule has 0 spiro atoms. The van der Waals surface area contributed by atoms with Crippen LogP contribution in [0.3, 0.4) is 0 Å². The molecule has 0 saturated carbocycles. The summed E-state index contributed by atoms with van der Waals surface area (Å²) in [5.74, 6) is 3.87. The molecule has 2 aromatic rings. The molecule has 0 bridgehead atoms. The minimum Gasteiger partial charge on any atom is -0.473 e. The highest BCUT2D eigenvalue weighted by molar-refractivity contribution is 7.99. The number of nitrogens with zero attached hydrogens (tertiary/aromatic N) is 1. The molecule has 1 aromatic heterocycles. The van der Waals surface area contributed by atoms with Crippen LogP contribution in [0.5, 0.6) is 17.4 Å². The van der Waals surface area contributed by atoms with Gasteiger partial charge in [-0.15, -0.1) is 0 Å². The number of carbonyl (C=O) groups excluding carboxylic acids is 1. The highest BCUT2D eigenvalue weighted by Gasteiger charge is 2.18. The predicted octanol–water partition coefficient (Wildman–Crippen LogP) is 2.62. The van der Waals surface area contributed by atoms with E-state index in [2.05, 4.69) is 10.3 Å². The Bertz CT molecular complexity index is 777. The number of hydrogen-bond donors (Lipinski definition) is 1. The van der Waals surface area contributed by atoms with E-state index in [0.29, 0.717) is 23.7 Å². The van der Waals surface area contributed by atoms with E-state index < -0.39 is 0 Å². The zero-order valence-electron chi connectivity index (χ0n) is 13.6. The van der Waals surface area contributed by atoms with Crippen LogP contribution in [0.2, 0.25) is 0 Å². The normalized spacial score (nSPS) is 18.2. The van der Waals surface area contributed by atoms with E-state index in [-0.39, 0.29) is 18.8 Å². The van der Waals surface area contributed by atoms with Crippen LogP contribution >= 0.6 is 11.8 Å². The van der Waals surface area contributed by atoms with E-state index in [4.69, 9.17) is 14.2 Å². The van der Waals surface area contributed by atoms with E-state index in [1.54, 1.807) is 18.3 Å². The molecule has 0 unspecified atom stereocenters. The van der Waals surface area contributed by atoms with Gasteiger partial charge in [-0.1, -0.05) is 6.07 Å². The smallest absolute Gasteiger partial charge is 0.251 e. The Balaban J connectivity index is 1.37. The second-order valence-electron chi connectivity index (χ2n) is 5.86. The van der Waals surface area contributed by atoms with Crippen molar-refractivity contribution in [2.45, 2.75) is 19.1 Å². The molecule has 3 heterocycles. The maximum Gasteiger partial charge on any atom is 0.251 e. The number of aromatic nitrogens is 1. The summed E-state index contributed by atoms with van der Waals surface area (Å²) in [6.07, 6.45) is 2.81. The fourth-order valence-corrected chi connectivity index (χ4v) is 3.82. The number of carbonyl (C=O) groups is 1. The summed E-state index contributed by atoms with van der Waals surface area (Å²) in [4.78, 5) is 16.6. The lowest BCUT2D eigenvalue weighted by Gasteiger charge is -2.12. The Morgan fingerprint density at radius 3 is 3.08 bits per heavy atom. The minimum atomic E-state index is -0.161. The second kappa shape index (κ2) is 7.23. The number of nitrogens with one attached hydrogen (secondary N) is 1. The lowest BCUT2D eigenvalue weighted by atomic mass is 10.2. The third-order valence-electron chi connectivity index (χ3n) is 4.06. The van der Waals surface area contributed by atoms with Crippen molar-refractivity contribution in [2.24, 2.45) is 0 Å². The fourth-order valence-electron chi connectivity index (χ4n) is 2.73. The summed E-state index contributed by atoms with van der Waals surface area (Å²) in [5.41, 5.74) is 1.49. The molecule has 7 heteroatoms. The van der Waals surface area contributed by atoms with Crippen LogP contribution < -0.4 is 19.5 Å². The van der Waals surface area contributed by atoms with Gasteiger partial charge in [0.05, 0.1) is 0 Å². The van der Waals surface area contributed by atoms with Gasteiger partial charge in [0.25, 0.3) is 5.91 Å². The van der Waals surface area contributed by atoms with Gasteiger partial charge in [0, 0.05) is 30.1 Å². The number of hydrogen-bond acceptors (Lipinski definition) is 6. The van der Waals surface area contributed by atoms with E-state index in [1.165, 1.54) is 0 Å². The molecule has 4 rings (SSSR count). The third kappa shape index (κ3) is 3.82. The summed E-state index contributed by atoms with van der Waals surface area (Å²) in [6, 6.07) is 9.01. The molecule has 1 amide bonds. The number of rotatable bonds is 5. The monoisotopic (exact) mass is 358 g/mol. The first-order valence-electron chi connectivity index (χ1n) is 8.15. The zero-order chi connectivity index (χ0) is 17.1. The Morgan fingerprint density at radius 2 is 2.20 bits per heavy atom. The number of amides is 1. The average Bonchev–Trinajstić information content (AvgIpc) is 3.31. The molecule has 130 valence electrons. The van der Waals surface area contributed by atoms with E-state index in [1.807, 2.05) is 30.0 Å². The van der Waals surface area contributed by atoms with Gasteiger partial charge in [-0.25, -0.2) is 4.98 Å². The Hall–Kier alpha value is -2.41. The first-order chi connectivity index (χ1) is 12.3. The van der Waals surface area contributed by atoms with Gasteiger partial charge in [-0.2, -0.15) is 11.8 Å². The van der Waals surface area contributed by atoms with Crippen molar-refractivity contribution >= 4 is 17.7 Å². The van der Waals surface area contributed by atoms with Crippen molar-refractivity contribution in [3.8, 4) is 17.4 Å². The van der Waals surface area contributed by atoms with Gasteiger partial charge in [-0.05, 0) is 35.9 Å². The van der Waals surface area contributed by atoms with Gasteiger partial charge in [0.1, 0.15) is 6.10 Å². The molecule has 25 heavy (non-hydrogen) atoms. The number of benzene rings is 1. The van der Waals surface area contributed by atoms with E-state index in [0.717, 1.165) is 29.2 Å². The third-order valence-corrected chi connectivity index (χ3v) is 5.19. The van der Waals surface area contributed by atoms with Crippen LogP contribution in [0.15, 0.2) is 36.5 Å². The quantitative estimate of drug-likeness (QED) is 0.886. The van der Waals surface area contributed by atoms with Crippen molar-refractivity contribution < 1.29 is 19.0 Å². The van der Waals surface area contributed by atoms with Crippen molar-refractivity contribution in [1.29, 1.82) is 0 Å². The Morgan fingerprint density at radius 1 is 1.28 bits per heavy atom. The Kier molecular flexibility index (Phi) is 4.65. The van der Waals surface area contributed by atoms with Crippen LogP contribution in [0.25, 0.3) is 0 Å². The molecule has 2 aliphatic heterocycles. The van der Waals surface area contributed by atoms with Gasteiger partial charge < -0.3 is 19.5 Å². The van der Waals surface area contributed by atoms with Crippen LogP contribution in [-0.4, -0.2) is 35.3 Å². The topological polar surface area (TPSA) is 69.7 Å². The molecular formula is C18H18N2O4S. The predicted molar refractivity (Wildman–Crippen MR) is 94.3 cm³/mol. The van der Waals surface area contributed by atoms with E-state index in [9.17, 15) is 4.79 Å². The Labute approximate surface area is 149 Å². The van der Waals surface area contributed by atoms with Gasteiger partial charge >= 0.3 is 0 Å². The molecule has 1 aromatic carbocycles. The summed E-state index contributed by atoms with van der Waals surface area (Å²) < 4.78 is 16.5. The molecule has 1 saturated heterocycles. The second-order valence-corrected chi connectivity index (χ2v) is 7.01. The molecular weight excluding hydrogens is 340 g/mol. The van der Waals surface area contributed by atoms with Gasteiger partial charge in [0.15, 0.2) is 11.5 Å². The number of fused-ring (bicyclic) bond motifs is 1. The molecule has 0 aliphatic carbocycles. The lowest BCUT2D eigenvalue weighted by Crippen LogP contribution is -2.23. The van der Waals surface area contributed by atoms with Gasteiger partial charge in [0.2, 0.25) is 12.7 Å². The standard InChI is InChI=1S/C18H18N2O4S/c21-18(20-9-12-1-2-15-16(7-12)23-11-22-15)13-3-5-19-17(8-13)24-14-4-6-25-10-14/h1-3,5,7-8,14H,4,6,9-11H2,(H,20,21)/t14-/m1/s1. The first kappa shape index (κ1) is 16.1. The summed E-state index contributed by atoms with van der Waals surface area (Å²) in [7, 11) is 0. The maximum absolute atomic E-state index is 12.4. The lowest BCUT2D eigenvalue weighted by molar-refractivity contribution is 0.0949. The first-order valence-corrected chi connectivity index (χ1v) is 9.30. The van der Waals surface area contributed by atoms with Crippen molar-refractivity contribution in [1.82, 2.24) is 10.3 Å². The van der Waals surface area contributed by atoms with Crippen molar-refractivity contribution in [2.75, 3.05) is 18.3 Å². The van der Waals surface area contributed by atoms with Crippen molar-refractivity contribution in [3.05, 3.63) is 47.7 Å². The highest BCUT2D eigenvalue weighted by atomic mass is 32.2. The molecule has 1 fully saturated rings. The number of thioether (sulfide) groups is 1. The van der Waals surface area contributed by atoms with Crippen LogP contribution in [0, 0.1) is 0 Å². The SMILES string of the molecule is O=C(NCc1ccc2c(c1)OCO2)c1ccnc(O[C@@H]2CCSC2)c1. The van der Waals surface area contributed by atoms with Crippen LogP contribution in [0.4, 0.5) is 0 Å². The molecule has 6 nitrogen and oxygen atoms in total. The highest BCUT2D eigenvalue weighted by Crippen LogP contribution is 2.32. The van der Waals surface area contributed by atoms with E-state index >= 15 is 0 Å². The zero-order valence-corrected chi connectivity index (χ0v) is 14.4. The van der Waals surface area contributed by atoms with Gasteiger partial charge in [-0.3, -0.25) is 4.79 Å². The minimum absolute atomic E-state index is 0.161. The summed E-state index contributed by atoms with van der Waals surface area (Å²) in [5, 5.41) is 2.90. The summed E-state index contributed by atoms with van der Waals surface area (Å²) in [6.45, 7) is 0.650. The molecule has 0 radical (unpaired) electrons. The molecule has 1 N–H and O–H groups in total. The summed E-state index contributed by atoms with van der Waals surface area (Å²) >= 11 is 1.87. The molecule has 2 aliphatic rings. The fraction of sp³-hybridized carbons (Fsp3) is 0.333. The maximum atomic E-state index is 12.4. The largest absolute Gasteiger partial charge is 0.473 e.